The molecule has 1 aliphatic rings. The molecule has 3 heterocycles. The molecule has 22 heavy (non-hydrogen) atoms. The van der Waals surface area contributed by atoms with E-state index in [1.165, 1.54) is 15.6 Å². The van der Waals surface area contributed by atoms with E-state index >= 15 is 0 Å². The van der Waals surface area contributed by atoms with E-state index in [0.717, 1.165) is 0 Å². The number of hydrogen-bond acceptors (Lipinski definition) is 6. The molecule has 1 fully saturated rings. The lowest BCUT2D eigenvalue weighted by molar-refractivity contribution is -0.117. The van der Waals surface area contributed by atoms with Crippen molar-refractivity contribution in [3.63, 3.8) is 0 Å². The first-order valence-corrected chi connectivity index (χ1v) is 8.68. The second-order valence-electron chi connectivity index (χ2n) is 4.97. The number of hydrogen-bond donors (Lipinski definition) is 0. The van der Waals surface area contributed by atoms with Gasteiger partial charge in [0, 0.05) is 29.7 Å². The Morgan fingerprint density at radius 2 is 2.23 bits per heavy atom. The number of nitrogens with zero attached hydrogens (tertiary/aromatic N) is 5. The second-order valence-corrected chi connectivity index (χ2v) is 7.88. The van der Waals surface area contributed by atoms with Gasteiger partial charge in [-0.1, -0.05) is 0 Å². The molecule has 8 nitrogen and oxygen atoms in total. The number of nitriles is 1. The summed E-state index contributed by atoms with van der Waals surface area (Å²) in [6.45, 7) is 1.64. The van der Waals surface area contributed by atoms with Crippen LogP contribution < -0.4 is 4.90 Å². The molecule has 1 saturated heterocycles. The molecule has 3 rings (SSSR count). The zero-order valence-corrected chi connectivity index (χ0v) is 13.0. The van der Waals surface area contributed by atoms with E-state index in [0.29, 0.717) is 11.3 Å². The molecule has 1 atom stereocenters. The van der Waals surface area contributed by atoms with Gasteiger partial charge in [0.05, 0.1) is 11.9 Å². The van der Waals surface area contributed by atoms with Crippen LogP contribution in [-0.4, -0.2) is 40.7 Å². The molecule has 10 heteroatoms. The molecule has 0 N–H and O–H groups in total. The minimum Gasteiger partial charge on any atom is -0.294 e. The third-order valence-electron chi connectivity index (χ3n) is 3.44. The highest BCUT2D eigenvalue weighted by Gasteiger charge is 2.40. The van der Waals surface area contributed by atoms with Gasteiger partial charge in [0.15, 0.2) is 11.5 Å². The van der Waals surface area contributed by atoms with Crippen molar-refractivity contribution < 1.29 is 13.2 Å². The van der Waals surface area contributed by atoms with Gasteiger partial charge in [-0.05, 0) is 6.92 Å². The molecule has 2 aromatic rings. The van der Waals surface area contributed by atoms with Crippen LogP contribution in [0.3, 0.4) is 0 Å². The molecule has 1 unspecified atom stereocenters. The first-order chi connectivity index (χ1) is 10.3. The molecule has 2 aromatic heterocycles. The maximum Gasteiger partial charge on any atom is 0.237 e. The lowest BCUT2D eigenvalue weighted by Crippen LogP contribution is -2.29. The van der Waals surface area contributed by atoms with Gasteiger partial charge in [-0.15, -0.1) is 0 Å². The Morgan fingerprint density at radius 3 is 2.82 bits per heavy atom. The van der Waals surface area contributed by atoms with Gasteiger partial charge in [-0.3, -0.25) is 9.69 Å². The molecule has 0 aromatic carbocycles. The summed E-state index contributed by atoms with van der Waals surface area (Å²) in [5.74, 6) is -0.209. The molecule has 0 radical (unpaired) electrons. The van der Waals surface area contributed by atoms with Crippen LogP contribution in [-0.2, 0) is 13.8 Å². The number of aryl methyl sites for hydroxylation is 1. The number of aromatic nitrogens is 3. The van der Waals surface area contributed by atoms with E-state index in [4.69, 9.17) is 10.7 Å². The fourth-order valence-electron chi connectivity index (χ4n) is 2.44. The van der Waals surface area contributed by atoms with Crippen LogP contribution in [0.1, 0.15) is 17.7 Å². The van der Waals surface area contributed by atoms with Crippen molar-refractivity contribution in [1.29, 1.82) is 5.26 Å². The topological polar surface area (TPSA) is 108 Å². The first kappa shape index (κ1) is 14.7. The van der Waals surface area contributed by atoms with Gasteiger partial charge in [-0.2, -0.15) is 14.9 Å². The first-order valence-electron chi connectivity index (χ1n) is 6.30. The summed E-state index contributed by atoms with van der Waals surface area (Å²) in [6, 6.07) is 3.64. The minimum absolute atomic E-state index is 0.114. The van der Waals surface area contributed by atoms with Crippen LogP contribution in [0.4, 0.5) is 5.82 Å². The number of anilines is 1. The van der Waals surface area contributed by atoms with E-state index in [1.54, 1.807) is 13.0 Å². The third-order valence-corrected chi connectivity index (χ3v) is 5.31. The van der Waals surface area contributed by atoms with E-state index in [2.05, 4.69) is 10.1 Å². The fraction of sp³-hybridized carbons (Fsp3) is 0.333. The second kappa shape index (κ2) is 4.93. The number of carbonyl (C=O) groups excluding carboxylic acids is 1. The van der Waals surface area contributed by atoms with Gasteiger partial charge in [0.1, 0.15) is 16.9 Å². The highest BCUT2D eigenvalue weighted by Crippen LogP contribution is 2.29. The van der Waals surface area contributed by atoms with Gasteiger partial charge < -0.3 is 0 Å². The highest BCUT2D eigenvalue weighted by atomic mass is 35.7. The lowest BCUT2D eigenvalue weighted by atomic mass is 10.3. The van der Waals surface area contributed by atoms with Crippen LogP contribution in [0.15, 0.2) is 12.3 Å². The van der Waals surface area contributed by atoms with Crippen LogP contribution >= 0.6 is 10.7 Å². The van der Waals surface area contributed by atoms with Gasteiger partial charge in [-0.25, -0.2) is 13.4 Å². The van der Waals surface area contributed by atoms with Crippen LogP contribution in [0.5, 0.6) is 0 Å². The van der Waals surface area contributed by atoms with E-state index in [1.807, 2.05) is 6.07 Å². The monoisotopic (exact) mass is 339 g/mol. The average Bonchev–Trinajstić information content (AvgIpc) is 2.99. The highest BCUT2D eigenvalue weighted by molar-refractivity contribution is 8.14. The van der Waals surface area contributed by atoms with Gasteiger partial charge in [0.2, 0.25) is 15.0 Å². The average molecular weight is 340 g/mol. The van der Waals surface area contributed by atoms with Crippen LogP contribution in [0, 0.1) is 18.3 Å². The van der Waals surface area contributed by atoms with E-state index in [9.17, 15) is 18.5 Å². The van der Waals surface area contributed by atoms with Crippen LogP contribution in [0.25, 0.3) is 5.65 Å². The van der Waals surface area contributed by atoms with Crippen molar-refractivity contribution in [2.24, 2.45) is 0 Å². The summed E-state index contributed by atoms with van der Waals surface area (Å²) in [4.78, 5) is 17.5. The number of amides is 1. The normalized spacial score (nSPS) is 18.9. The Labute approximate surface area is 130 Å². The lowest BCUT2D eigenvalue weighted by Gasteiger charge is -2.18. The summed E-state index contributed by atoms with van der Waals surface area (Å²) < 4.78 is 24.3. The fourth-order valence-corrected chi connectivity index (χ4v) is 3.47. The van der Waals surface area contributed by atoms with Crippen molar-refractivity contribution in [2.75, 3.05) is 11.4 Å². The molecule has 0 spiro atoms. The number of fused-ring (bicyclic) bond motifs is 1. The van der Waals surface area contributed by atoms with Crippen molar-refractivity contribution in [3.8, 4) is 6.07 Å². The van der Waals surface area contributed by atoms with E-state index in [-0.39, 0.29) is 24.3 Å². The predicted octanol–water partition coefficient (Wildman–Crippen LogP) is 0.583. The summed E-state index contributed by atoms with van der Waals surface area (Å²) in [7, 11) is 1.48. The Kier molecular flexibility index (Phi) is 3.30. The standard InChI is InChI=1S/C12H10ClN5O3S/c1-7-2-10-15-5-8(4-14)12(18(10)16-7)17-6-9(3-11(17)19)22(13,20)21/h2,5,9H,3,6H2,1H3. The summed E-state index contributed by atoms with van der Waals surface area (Å²) in [6.07, 6.45) is 1.11. The molecule has 0 saturated carbocycles. The largest absolute Gasteiger partial charge is 0.294 e. The van der Waals surface area contributed by atoms with Crippen LogP contribution in [0.2, 0.25) is 0 Å². The minimum atomic E-state index is -3.86. The van der Waals surface area contributed by atoms with Crippen molar-refractivity contribution in [1.82, 2.24) is 14.6 Å². The van der Waals surface area contributed by atoms with Gasteiger partial charge >= 0.3 is 0 Å². The molecular weight excluding hydrogens is 330 g/mol. The third kappa shape index (κ3) is 2.30. The zero-order chi connectivity index (χ0) is 16.1. The molecule has 1 aliphatic heterocycles. The maximum atomic E-state index is 12.2. The number of rotatable bonds is 2. The molecular formula is C12H10ClN5O3S. The smallest absolute Gasteiger partial charge is 0.237 e. The quantitative estimate of drug-likeness (QED) is 0.740. The SMILES string of the molecule is Cc1cc2ncc(C#N)c(N3CC(S(=O)(=O)Cl)CC3=O)n2n1. The summed E-state index contributed by atoms with van der Waals surface area (Å²) in [5, 5.41) is 12.5. The summed E-state index contributed by atoms with van der Waals surface area (Å²) in [5.41, 5.74) is 1.27. The maximum absolute atomic E-state index is 12.2. The Balaban J connectivity index is 2.18. The number of carbonyl (C=O) groups is 1. The van der Waals surface area contributed by atoms with Crippen molar-refractivity contribution in [2.45, 2.75) is 18.6 Å². The van der Waals surface area contributed by atoms with Crippen molar-refractivity contribution in [3.05, 3.63) is 23.5 Å². The molecule has 0 aliphatic carbocycles. The molecule has 114 valence electrons. The Morgan fingerprint density at radius 1 is 1.50 bits per heavy atom. The predicted molar refractivity (Wildman–Crippen MR) is 78.0 cm³/mol. The van der Waals surface area contributed by atoms with Crippen molar-refractivity contribution >= 4 is 37.1 Å². The van der Waals surface area contributed by atoms with E-state index < -0.39 is 20.2 Å². The Bertz CT molecular complexity index is 930. The zero-order valence-electron chi connectivity index (χ0n) is 11.4. The molecule has 1 amide bonds. The summed E-state index contributed by atoms with van der Waals surface area (Å²) >= 11 is 0. The number of halogens is 1. The molecule has 0 bridgehead atoms. The Hall–Kier alpha value is -2.18. The van der Waals surface area contributed by atoms with Gasteiger partial charge in [0.25, 0.3) is 0 Å².